The van der Waals surface area contributed by atoms with Crippen molar-refractivity contribution < 1.29 is 0 Å². The molecule has 1 aliphatic carbocycles. The van der Waals surface area contributed by atoms with Crippen LogP contribution >= 0.6 is 0 Å². The third-order valence-electron chi connectivity index (χ3n) is 1.66. The summed E-state index contributed by atoms with van der Waals surface area (Å²) in [6.07, 6.45) is 9.62. The van der Waals surface area contributed by atoms with Gasteiger partial charge in [-0.1, -0.05) is 6.08 Å². The van der Waals surface area contributed by atoms with Crippen LogP contribution in [-0.2, 0) is 6.42 Å². The van der Waals surface area contributed by atoms with Crippen molar-refractivity contribution in [2.75, 3.05) is 0 Å². The lowest BCUT2D eigenvalue weighted by atomic mass is 10.1. The largest absolute Gasteiger partial charge is 0.354 e. The van der Waals surface area contributed by atoms with E-state index >= 15 is 0 Å². The Morgan fingerprint density at radius 1 is 1.56 bits per heavy atom. The van der Waals surface area contributed by atoms with E-state index in [0.717, 1.165) is 0 Å². The summed E-state index contributed by atoms with van der Waals surface area (Å²) in [4.78, 5) is 3.05. The van der Waals surface area contributed by atoms with Gasteiger partial charge in [0.15, 0.2) is 0 Å². The number of H-pyrrole nitrogens is 1. The second kappa shape index (κ2) is 1.76. The predicted molar refractivity (Wildman–Crippen MR) is 37.0 cm³/mol. The zero-order valence-corrected chi connectivity index (χ0v) is 5.15. The van der Waals surface area contributed by atoms with E-state index in [2.05, 4.69) is 23.3 Å². The van der Waals surface area contributed by atoms with E-state index < -0.39 is 0 Å². The summed E-state index contributed by atoms with van der Waals surface area (Å²) in [5, 5.41) is 0. The summed E-state index contributed by atoms with van der Waals surface area (Å²) < 4.78 is 0. The van der Waals surface area contributed by atoms with Crippen LogP contribution in [-0.4, -0.2) is 4.98 Å². The highest BCUT2D eigenvalue weighted by Gasteiger charge is 2.02. The number of hydrogen-bond acceptors (Lipinski definition) is 0. The molecule has 0 aromatic carbocycles. The molecule has 1 radical (unpaired) electrons. The molecule has 0 bridgehead atoms. The Morgan fingerprint density at radius 2 is 2.56 bits per heavy atom. The van der Waals surface area contributed by atoms with Gasteiger partial charge in [0, 0.05) is 5.69 Å². The first-order chi connectivity index (χ1) is 4.47. The van der Waals surface area contributed by atoms with Gasteiger partial charge >= 0.3 is 0 Å². The molecular formula is C8H8N. The van der Waals surface area contributed by atoms with Gasteiger partial charge in [-0.3, -0.25) is 0 Å². The lowest BCUT2D eigenvalue weighted by molar-refractivity contribution is 0.985. The van der Waals surface area contributed by atoms with E-state index in [0.29, 0.717) is 0 Å². The Kier molecular flexibility index (Phi) is 0.950. The molecule has 1 heteroatoms. The van der Waals surface area contributed by atoms with Crippen LogP contribution in [0.15, 0.2) is 12.1 Å². The molecule has 9 heavy (non-hydrogen) atoms. The first-order valence-corrected chi connectivity index (χ1v) is 3.21. The number of rotatable bonds is 0. The highest BCUT2D eigenvalue weighted by atomic mass is 14.7. The monoisotopic (exact) mass is 118 g/mol. The number of nitrogens with one attached hydrogen (secondary N) is 1. The van der Waals surface area contributed by atoms with Crippen molar-refractivity contribution in [3.05, 3.63) is 29.6 Å². The second-order valence-electron chi connectivity index (χ2n) is 2.29. The Bertz CT molecular complexity index is 232. The Morgan fingerprint density at radius 3 is 3.44 bits per heavy atom. The summed E-state index contributed by atoms with van der Waals surface area (Å²) in [7, 11) is 0. The van der Waals surface area contributed by atoms with Gasteiger partial charge in [0.05, 0.1) is 6.20 Å². The van der Waals surface area contributed by atoms with Crippen molar-refractivity contribution >= 4 is 6.08 Å². The van der Waals surface area contributed by atoms with Gasteiger partial charge in [-0.25, -0.2) is 0 Å². The number of aromatic nitrogens is 1. The van der Waals surface area contributed by atoms with Crippen molar-refractivity contribution in [3.8, 4) is 0 Å². The molecule has 0 aliphatic heterocycles. The summed E-state index contributed by atoms with van der Waals surface area (Å²) in [6, 6.07) is 2.03. The lowest BCUT2D eigenvalue weighted by Crippen LogP contribution is -1.88. The molecule has 0 saturated carbocycles. The fraction of sp³-hybridized carbons (Fsp3) is 0.250. The maximum absolute atomic E-state index is 3.05. The van der Waals surface area contributed by atoms with Crippen LogP contribution in [0.2, 0.25) is 0 Å². The van der Waals surface area contributed by atoms with Crippen molar-refractivity contribution in [2.24, 2.45) is 0 Å². The maximum atomic E-state index is 3.05. The predicted octanol–water partition coefficient (Wildman–Crippen LogP) is 1.77. The van der Waals surface area contributed by atoms with Crippen molar-refractivity contribution in [3.63, 3.8) is 0 Å². The smallest absolute Gasteiger partial charge is 0.0627 e. The Balaban J connectivity index is 2.53. The topological polar surface area (TPSA) is 15.8 Å². The molecule has 0 fully saturated rings. The molecule has 0 saturated heterocycles. The van der Waals surface area contributed by atoms with Crippen LogP contribution in [0.3, 0.4) is 0 Å². The molecule has 2 rings (SSSR count). The summed E-state index contributed by atoms with van der Waals surface area (Å²) >= 11 is 0. The first-order valence-electron chi connectivity index (χ1n) is 3.21. The molecule has 1 heterocycles. The minimum absolute atomic E-state index is 1.17. The van der Waals surface area contributed by atoms with Crippen LogP contribution < -0.4 is 0 Å². The average molecular weight is 118 g/mol. The summed E-state index contributed by atoms with van der Waals surface area (Å²) in [6.45, 7) is 0. The zero-order valence-electron chi connectivity index (χ0n) is 5.15. The number of hydrogen-bond donors (Lipinski definition) is 1. The minimum Gasteiger partial charge on any atom is -0.354 e. The maximum Gasteiger partial charge on any atom is 0.0627 e. The molecule has 45 valence electrons. The molecule has 0 atom stereocenters. The Labute approximate surface area is 54.4 Å². The van der Waals surface area contributed by atoms with Gasteiger partial charge in [-0.15, -0.1) is 0 Å². The van der Waals surface area contributed by atoms with E-state index in [1.807, 2.05) is 6.07 Å². The minimum atomic E-state index is 1.17. The van der Waals surface area contributed by atoms with Gasteiger partial charge in [0.1, 0.15) is 0 Å². The highest BCUT2D eigenvalue weighted by Crippen LogP contribution is 2.15. The molecule has 1 nitrogen and oxygen atoms in total. The lowest BCUT2D eigenvalue weighted by Gasteiger charge is -2.01. The van der Waals surface area contributed by atoms with Crippen LogP contribution in [0, 0.1) is 6.20 Å². The Hall–Kier alpha value is -0.980. The van der Waals surface area contributed by atoms with Crippen molar-refractivity contribution in [1.82, 2.24) is 4.98 Å². The summed E-state index contributed by atoms with van der Waals surface area (Å²) in [5.74, 6) is 0. The molecule has 1 N–H and O–H groups in total. The van der Waals surface area contributed by atoms with Crippen LogP contribution in [0.1, 0.15) is 17.7 Å². The summed E-state index contributed by atoms with van der Waals surface area (Å²) in [5.41, 5.74) is 2.64. The molecule has 1 aliphatic rings. The molecule has 1 aromatic heterocycles. The molecule has 0 spiro atoms. The standard InChI is InChI=1S/C8H8N/c1-2-4-8-7(3-1)5-6-9-8/h2,4-5,9H,1,3H2. The number of fused-ring (bicyclic) bond motifs is 1. The number of aryl methyl sites for hydroxylation is 1. The quantitative estimate of drug-likeness (QED) is 0.534. The van der Waals surface area contributed by atoms with E-state index in [4.69, 9.17) is 0 Å². The SMILES string of the molecule is [c]1cc2c([nH]1)C=CCC2. The van der Waals surface area contributed by atoms with Crippen molar-refractivity contribution in [1.29, 1.82) is 0 Å². The third kappa shape index (κ3) is 0.689. The normalized spacial score (nSPS) is 15.6. The zero-order chi connectivity index (χ0) is 6.10. The number of allylic oxidation sites excluding steroid dienone is 1. The first kappa shape index (κ1) is 4.86. The fourth-order valence-electron chi connectivity index (χ4n) is 1.15. The van der Waals surface area contributed by atoms with Crippen molar-refractivity contribution in [2.45, 2.75) is 12.8 Å². The van der Waals surface area contributed by atoms with E-state index in [-0.39, 0.29) is 0 Å². The van der Waals surface area contributed by atoms with E-state index in [1.165, 1.54) is 24.1 Å². The molecule has 0 amide bonds. The second-order valence-corrected chi connectivity index (χ2v) is 2.29. The van der Waals surface area contributed by atoms with Crippen LogP contribution in [0.4, 0.5) is 0 Å². The highest BCUT2D eigenvalue weighted by molar-refractivity contribution is 5.51. The van der Waals surface area contributed by atoms with Gasteiger partial charge in [0.2, 0.25) is 0 Å². The van der Waals surface area contributed by atoms with E-state index in [1.54, 1.807) is 0 Å². The van der Waals surface area contributed by atoms with Gasteiger partial charge in [-0.05, 0) is 30.5 Å². The number of aromatic amines is 1. The van der Waals surface area contributed by atoms with E-state index in [9.17, 15) is 0 Å². The van der Waals surface area contributed by atoms with Gasteiger partial charge < -0.3 is 4.98 Å². The average Bonchev–Trinajstić information content (AvgIpc) is 2.33. The van der Waals surface area contributed by atoms with Crippen LogP contribution in [0.5, 0.6) is 0 Å². The molecular weight excluding hydrogens is 110 g/mol. The molecule has 1 aromatic rings. The van der Waals surface area contributed by atoms with Gasteiger partial charge in [0.25, 0.3) is 0 Å². The van der Waals surface area contributed by atoms with Crippen LogP contribution in [0.25, 0.3) is 6.08 Å². The fourth-order valence-corrected chi connectivity index (χ4v) is 1.15. The molecule has 0 unspecified atom stereocenters. The van der Waals surface area contributed by atoms with Gasteiger partial charge in [-0.2, -0.15) is 0 Å². The third-order valence-corrected chi connectivity index (χ3v) is 1.66.